The van der Waals surface area contributed by atoms with E-state index < -0.39 is 32.6 Å². The van der Waals surface area contributed by atoms with Gasteiger partial charge in [0, 0.05) is 12.5 Å². The summed E-state index contributed by atoms with van der Waals surface area (Å²) in [7, 11) is -9.75. The Hall–Kier alpha value is 1.22. The molecule has 1 aliphatic rings. The Morgan fingerprint density at radius 3 is 2.11 bits per heavy atom. The molecular formula is C7H18NNaO7P2. The van der Waals surface area contributed by atoms with E-state index in [-0.39, 0.29) is 36.1 Å². The summed E-state index contributed by atoms with van der Waals surface area (Å²) in [4.78, 5) is 36.0. The zero-order valence-corrected chi connectivity index (χ0v) is 10.8. The molecule has 6 N–H and O–H groups in total. The Kier molecular flexibility index (Phi) is 7.24. The minimum absolute atomic E-state index is 0. The Labute approximate surface area is 127 Å². The second kappa shape index (κ2) is 6.78. The molecule has 104 valence electrons. The molecule has 0 radical (unpaired) electrons. The van der Waals surface area contributed by atoms with Gasteiger partial charge >= 0.3 is 44.7 Å². The summed E-state index contributed by atoms with van der Waals surface area (Å²) in [5.41, 5.74) is 0. The van der Waals surface area contributed by atoms with E-state index in [2.05, 4.69) is 5.32 Å². The molecule has 0 amide bonds. The van der Waals surface area contributed by atoms with Crippen LogP contribution in [0.25, 0.3) is 0 Å². The predicted octanol–water partition coefficient (Wildman–Crippen LogP) is -1.62. The molecule has 0 aliphatic carbocycles. The van der Waals surface area contributed by atoms with Crippen molar-refractivity contribution in [2.24, 2.45) is 5.92 Å². The molecule has 1 heterocycles. The average Bonchev–Trinajstić information content (AvgIpc) is 2.14. The van der Waals surface area contributed by atoms with Crippen molar-refractivity contribution in [2.75, 3.05) is 19.3 Å². The number of hydrogen-bond acceptors (Lipinski definition) is 4. The first kappa shape index (κ1) is 19.2. The summed E-state index contributed by atoms with van der Waals surface area (Å²) in [5.74, 6) is -0.871. The van der Waals surface area contributed by atoms with Crippen LogP contribution in [0.3, 0.4) is 0 Å². The van der Waals surface area contributed by atoms with E-state index in [9.17, 15) is 14.2 Å². The molecule has 0 aromatic carbocycles. The number of hydrogen-bond donors (Lipinski definition) is 6. The second-order valence-corrected chi connectivity index (χ2v) is 7.80. The molecule has 0 spiro atoms. The first-order valence-corrected chi connectivity index (χ1v) is 8.50. The van der Waals surface area contributed by atoms with Gasteiger partial charge in [-0.25, -0.2) is 0 Å². The quantitative estimate of drug-likeness (QED) is 0.268. The maximum absolute atomic E-state index is 11.3. The Balaban J connectivity index is 0.00000289. The number of rotatable bonds is 4. The van der Waals surface area contributed by atoms with Crippen molar-refractivity contribution in [3.63, 3.8) is 0 Å². The van der Waals surface area contributed by atoms with Crippen LogP contribution in [-0.2, 0) is 9.13 Å². The molecule has 0 saturated carbocycles. The standard InChI is InChI=1S/C7H17NO7P2.Na.H/c9-7(17(13,14)15,5-16(10,11)12)6-2-1-3-8-4-6;;/h6,8-9H,1-5H2,(H2,10,11,12)(H2,13,14,15);;. The van der Waals surface area contributed by atoms with Gasteiger partial charge in [0.05, 0.1) is 6.16 Å². The van der Waals surface area contributed by atoms with Crippen molar-refractivity contribution in [3.8, 4) is 0 Å². The first-order chi connectivity index (χ1) is 7.56. The van der Waals surface area contributed by atoms with Gasteiger partial charge in [-0.2, -0.15) is 0 Å². The third-order valence-electron chi connectivity index (χ3n) is 2.89. The molecule has 1 rings (SSSR count). The van der Waals surface area contributed by atoms with E-state index in [0.29, 0.717) is 19.4 Å². The molecule has 18 heavy (non-hydrogen) atoms. The van der Waals surface area contributed by atoms with Crippen molar-refractivity contribution in [3.05, 3.63) is 0 Å². The molecule has 1 aliphatic heterocycles. The SMILES string of the molecule is O=P(O)(O)CC(O)(C1CCCNC1)P(=O)(O)O.[NaH]. The maximum atomic E-state index is 11.3. The van der Waals surface area contributed by atoms with Crippen LogP contribution < -0.4 is 5.32 Å². The summed E-state index contributed by atoms with van der Waals surface area (Å²) >= 11 is 0. The second-order valence-electron chi connectivity index (χ2n) is 4.29. The summed E-state index contributed by atoms with van der Waals surface area (Å²) in [6, 6.07) is 0. The Bertz CT molecular complexity index is 363. The fourth-order valence-corrected chi connectivity index (χ4v) is 4.86. The third-order valence-corrected chi connectivity index (χ3v) is 5.57. The predicted molar refractivity (Wildman–Crippen MR) is 66.6 cm³/mol. The van der Waals surface area contributed by atoms with Crippen LogP contribution in [0.1, 0.15) is 12.8 Å². The summed E-state index contributed by atoms with van der Waals surface area (Å²) in [5, 5.41) is 10.2. The molecular weight excluding hydrogens is 295 g/mol. The zero-order valence-electron chi connectivity index (χ0n) is 9.06. The molecule has 11 heteroatoms. The molecule has 2 unspecified atom stereocenters. The van der Waals surface area contributed by atoms with Gasteiger partial charge in [0.2, 0.25) is 0 Å². The van der Waals surface area contributed by atoms with Crippen LogP contribution in [0.15, 0.2) is 0 Å². The van der Waals surface area contributed by atoms with Crippen LogP contribution in [0, 0.1) is 5.92 Å². The molecule has 1 fully saturated rings. The van der Waals surface area contributed by atoms with Gasteiger partial charge in [-0.15, -0.1) is 0 Å². The van der Waals surface area contributed by atoms with Crippen molar-refractivity contribution >= 4 is 44.7 Å². The zero-order chi connectivity index (χ0) is 13.3. The van der Waals surface area contributed by atoms with E-state index in [0.717, 1.165) is 0 Å². The van der Waals surface area contributed by atoms with Crippen molar-refractivity contribution < 1.29 is 33.8 Å². The van der Waals surface area contributed by atoms with Crippen LogP contribution in [0.5, 0.6) is 0 Å². The molecule has 2 atom stereocenters. The monoisotopic (exact) mass is 313 g/mol. The van der Waals surface area contributed by atoms with Crippen molar-refractivity contribution in [1.29, 1.82) is 0 Å². The third kappa shape index (κ3) is 4.96. The van der Waals surface area contributed by atoms with E-state index in [1.807, 2.05) is 0 Å². The van der Waals surface area contributed by atoms with Crippen molar-refractivity contribution in [2.45, 2.75) is 18.2 Å². The van der Waals surface area contributed by atoms with Crippen LogP contribution >= 0.6 is 15.2 Å². The van der Waals surface area contributed by atoms with Crippen LogP contribution in [-0.4, -0.2) is 78.8 Å². The van der Waals surface area contributed by atoms with Gasteiger partial charge < -0.3 is 30.0 Å². The first-order valence-electron chi connectivity index (χ1n) is 5.09. The summed E-state index contributed by atoms with van der Waals surface area (Å²) < 4.78 is 22.2. The molecule has 0 bridgehead atoms. The van der Waals surface area contributed by atoms with Crippen LogP contribution in [0.4, 0.5) is 0 Å². The van der Waals surface area contributed by atoms with Crippen molar-refractivity contribution in [1.82, 2.24) is 5.32 Å². The Morgan fingerprint density at radius 2 is 1.78 bits per heavy atom. The molecule has 8 nitrogen and oxygen atoms in total. The van der Waals surface area contributed by atoms with Gasteiger partial charge in [0.1, 0.15) is 0 Å². The van der Waals surface area contributed by atoms with E-state index in [4.69, 9.17) is 19.6 Å². The number of nitrogens with one attached hydrogen (secondary N) is 1. The van der Waals surface area contributed by atoms with E-state index in [1.54, 1.807) is 0 Å². The molecule has 1 saturated heterocycles. The van der Waals surface area contributed by atoms with Gasteiger partial charge in [-0.3, -0.25) is 9.13 Å². The molecule has 0 aromatic rings. The summed E-state index contributed by atoms with van der Waals surface area (Å²) in [6.45, 7) is 0.783. The minimum atomic E-state index is -5.03. The summed E-state index contributed by atoms with van der Waals surface area (Å²) in [6.07, 6.45) is -0.320. The number of aliphatic hydroxyl groups is 1. The van der Waals surface area contributed by atoms with Gasteiger partial charge in [-0.05, 0) is 19.4 Å². The topological polar surface area (TPSA) is 147 Å². The van der Waals surface area contributed by atoms with Crippen LogP contribution in [0.2, 0.25) is 0 Å². The van der Waals surface area contributed by atoms with E-state index >= 15 is 0 Å². The molecule has 0 aromatic heterocycles. The van der Waals surface area contributed by atoms with Gasteiger partial charge in [0.25, 0.3) is 0 Å². The van der Waals surface area contributed by atoms with Gasteiger partial charge in [0.15, 0.2) is 5.34 Å². The van der Waals surface area contributed by atoms with E-state index in [1.165, 1.54) is 0 Å². The van der Waals surface area contributed by atoms with Gasteiger partial charge in [-0.1, -0.05) is 0 Å². The number of piperidine rings is 1. The Morgan fingerprint density at radius 1 is 1.22 bits per heavy atom. The normalized spacial score (nSPS) is 25.1. The fourth-order valence-electron chi connectivity index (χ4n) is 2.01. The average molecular weight is 313 g/mol. The fraction of sp³-hybridized carbons (Fsp3) is 1.00.